The third kappa shape index (κ3) is 3.21. The minimum atomic E-state index is -1.72. The van der Waals surface area contributed by atoms with Crippen molar-refractivity contribution < 1.29 is 19.7 Å². The van der Waals surface area contributed by atoms with Gasteiger partial charge >= 0.3 is 5.97 Å². The van der Waals surface area contributed by atoms with Gasteiger partial charge in [0.1, 0.15) is 6.04 Å². The Labute approximate surface area is 103 Å². The van der Waals surface area contributed by atoms with Crippen molar-refractivity contribution in [3.63, 3.8) is 0 Å². The van der Waals surface area contributed by atoms with Gasteiger partial charge in [-0.1, -0.05) is 35.4 Å². The first-order chi connectivity index (χ1) is 8.61. The number of carbonyl (C=O) groups excluding carboxylic acids is 1. The SMILES string of the molecule is COC(=O)[C@H](O)[C@@H](N=[N+]=[N-])[C@H](O)c1ccccc1. The van der Waals surface area contributed by atoms with Crippen LogP contribution < -0.4 is 0 Å². The molecule has 96 valence electrons. The van der Waals surface area contributed by atoms with Gasteiger partial charge in [-0.25, -0.2) is 4.79 Å². The maximum absolute atomic E-state index is 11.2. The van der Waals surface area contributed by atoms with E-state index in [4.69, 9.17) is 5.53 Å². The zero-order valence-electron chi connectivity index (χ0n) is 9.67. The van der Waals surface area contributed by atoms with E-state index >= 15 is 0 Å². The lowest BCUT2D eigenvalue weighted by atomic mass is 9.98. The molecule has 0 aliphatic rings. The number of aliphatic hydroxyl groups is 2. The molecule has 0 aromatic heterocycles. The first-order valence-corrected chi connectivity index (χ1v) is 5.15. The number of aliphatic hydroxyl groups excluding tert-OH is 2. The Hall–Kier alpha value is -2.08. The number of benzene rings is 1. The Morgan fingerprint density at radius 1 is 1.39 bits per heavy atom. The zero-order valence-corrected chi connectivity index (χ0v) is 9.67. The van der Waals surface area contributed by atoms with Crippen LogP contribution >= 0.6 is 0 Å². The van der Waals surface area contributed by atoms with Crippen molar-refractivity contribution in [1.82, 2.24) is 0 Å². The molecule has 7 heteroatoms. The van der Waals surface area contributed by atoms with Crippen molar-refractivity contribution in [2.45, 2.75) is 18.2 Å². The van der Waals surface area contributed by atoms with Gasteiger partial charge in [0.05, 0.1) is 13.2 Å². The van der Waals surface area contributed by atoms with E-state index in [1.54, 1.807) is 30.3 Å². The summed E-state index contributed by atoms with van der Waals surface area (Å²) in [7, 11) is 1.09. The average Bonchev–Trinajstić information content (AvgIpc) is 2.43. The zero-order chi connectivity index (χ0) is 13.5. The van der Waals surface area contributed by atoms with Crippen LogP contribution in [-0.2, 0) is 9.53 Å². The predicted molar refractivity (Wildman–Crippen MR) is 62.4 cm³/mol. The molecule has 2 N–H and O–H groups in total. The normalized spacial score (nSPS) is 15.1. The van der Waals surface area contributed by atoms with Gasteiger partial charge in [0.15, 0.2) is 6.10 Å². The van der Waals surface area contributed by atoms with Crippen molar-refractivity contribution >= 4 is 5.97 Å². The van der Waals surface area contributed by atoms with Crippen LogP contribution in [0.25, 0.3) is 10.4 Å². The molecule has 0 saturated heterocycles. The van der Waals surface area contributed by atoms with E-state index in [2.05, 4.69) is 14.8 Å². The first kappa shape index (κ1) is 14.0. The van der Waals surface area contributed by atoms with E-state index < -0.39 is 24.2 Å². The van der Waals surface area contributed by atoms with Gasteiger partial charge in [0.2, 0.25) is 0 Å². The van der Waals surface area contributed by atoms with Crippen LogP contribution in [0.4, 0.5) is 0 Å². The lowest BCUT2D eigenvalue weighted by molar-refractivity contribution is -0.153. The van der Waals surface area contributed by atoms with Gasteiger partial charge in [0.25, 0.3) is 0 Å². The quantitative estimate of drug-likeness (QED) is 0.350. The summed E-state index contributed by atoms with van der Waals surface area (Å²) in [6, 6.07) is 6.94. The summed E-state index contributed by atoms with van der Waals surface area (Å²) in [5.74, 6) is -0.970. The Morgan fingerprint density at radius 2 is 2.00 bits per heavy atom. The largest absolute Gasteiger partial charge is 0.467 e. The molecule has 0 heterocycles. The molecule has 18 heavy (non-hydrogen) atoms. The molecule has 1 aromatic carbocycles. The highest BCUT2D eigenvalue weighted by Crippen LogP contribution is 2.22. The highest BCUT2D eigenvalue weighted by Gasteiger charge is 2.32. The Morgan fingerprint density at radius 3 is 2.50 bits per heavy atom. The molecule has 3 atom stereocenters. The van der Waals surface area contributed by atoms with Crippen molar-refractivity contribution in [1.29, 1.82) is 0 Å². The van der Waals surface area contributed by atoms with Gasteiger partial charge in [-0.3, -0.25) is 0 Å². The molecule has 1 aromatic rings. The summed E-state index contributed by atoms with van der Waals surface area (Å²) < 4.78 is 4.34. The third-order valence-electron chi connectivity index (χ3n) is 2.42. The summed E-state index contributed by atoms with van der Waals surface area (Å²) in [4.78, 5) is 13.7. The van der Waals surface area contributed by atoms with Crippen LogP contribution in [0.5, 0.6) is 0 Å². The fourth-order valence-corrected chi connectivity index (χ4v) is 1.47. The molecule has 0 aliphatic carbocycles. The third-order valence-corrected chi connectivity index (χ3v) is 2.42. The molecule has 0 radical (unpaired) electrons. The molecule has 7 nitrogen and oxygen atoms in total. The summed E-state index contributed by atoms with van der Waals surface area (Å²) in [6.45, 7) is 0. The van der Waals surface area contributed by atoms with E-state index in [-0.39, 0.29) is 0 Å². The van der Waals surface area contributed by atoms with Gasteiger partial charge < -0.3 is 14.9 Å². The van der Waals surface area contributed by atoms with E-state index in [9.17, 15) is 15.0 Å². The molecule has 0 amide bonds. The Bertz CT molecular complexity index is 445. The smallest absolute Gasteiger partial charge is 0.335 e. The summed E-state index contributed by atoms with van der Waals surface area (Å²) in [6.07, 6.45) is -3.02. The highest BCUT2D eigenvalue weighted by molar-refractivity contribution is 5.75. The lowest BCUT2D eigenvalue weighted by Crippen LogP contribution is -2.37. The number of hydrogen-bond donors (Lipinski definition) is 2. The number of hydrogen-bond acceptors (Lipinski definition) is 5. The molecule has 0 unspecified atom stereocenters. The van der Waals surface area contributed by atoms with Crippen LogP contribution in [0.15, 0.2) is 35.4 Å². The minimum Gasteiger partial charge on any atom is -0.467 e. The monoisotopic (exact) mass is 251 g/mol. The number of carbonyl (C=O) groups is 1. The van der Waals surface area contributed by atoms with E-state index in [0.29, 0.717) is 5.56 Å². The van der Waals surface area contributed by atoms with Crippen LogP contribution in [0.2, 0.25) is 0 Å². The van der Waals surface area contributed by atoms with Crippen LogP contribution in [-0.4, -0.2) is 35.4 Å². The molecule has 1 rings (SSSR count). The maximum Gasteiger partial charge on any atom is 0.335 e. The number of azide groups is 1. The summed E-state index contributed by atoms with van der Waals surface area (Å²) in [5, 5.41) is 22.9. The summed E-state index contributed by atoms with van der Waals surface area (Å²) in [5.41, 5.74) is 8.85. The van der Waals surface area contributed by atoms with Crippen LogP contribution in [0, 0.1) is 0 Å². The maximum atomic E-state index is 11.2. The molecular weight excluding hydrogens is 238 g/mol. The molecule has 0 fully saturated rings. The standard InChI is InChI=1S/C11H13N3O4/c1-18-11(17)10(16)8(13-14-12)9(15)7-5-3-2-4-6-7/h2-6,8-10,15-16H,1H3/t8-,9+,10+/m0/s1. The summed E-state index contributed by atoms with van der Waals surface area (Å²) >= 11 is 0. The van der Waals surface area contributed by atoms with Crippen LogP contribution in [0.1, 0.15) is 11.7 Å². The molecule has 0 aliphatic heterocycles. The Kier molecular flexibility index (Phi) is 5.13. The fraction of sp³-hybridized carbons (Fsp3) is 0.364. The van der Waals surface area contributed by atoms with Crippen molar-refractivity contribution in [2.24, 2.45) is 5.11 Å². The second-order valence-corrected chi connectivity index (χ2v) is 3.52. The Balaban J connectivity index is 2.98. The minimum absolute atomic E-state index is 0.429. The number of rotatable bonds is 5. The highest BCUT2D eigenvalue weighted by atomic mass is 16.5. The molecular formula is C11H13N3O4. The lowest BCUT2D eigenvalue weighted by Gasteiger charge is -2.22. The van der Waals surface area contributed by atoms with Crippen molar-refractivity contribution in [2.75, 3.05) is 7.11 Å². The van der Waals surface area contributed by atoms with Crippen molar-refractivity contribution in [3.05, 3.63) is 46.3 Å². The first-order valence-electron chi connectivity index (χ1n) is 5.15. The van der Waals surface area contributed by atoms with Gasteiger partial charge in [-0.15, -0.1) is 0 Å². The molecule has 0 saturated carbocycles. The second-order valence-electron chi connectivity index (χ2n) is 3.52. The van der Waals surface area contributed by atoms with Gasteiger partial charge in [0, 0.05) is 4.91 Å². The van der Waals surface area contributed by atoms with E-state index in [0.717, 1.165) is 7.11 Å². The second kappa shape index (κ2) is 6.61. The van der Waals surface area contributed by atoms with Crippen LogP contribution in [0.3, 0.4) is 0 Å². The number of methoxy groups -OCH3 is 1. The number of ether oxygens (including phenoxy) is 1. The average molecular weight is 251 g/mol. The number of nitrogens with zero attached hydrogens (tertiary/aromatic N) is 3. The van der Waals surface area contributed by atoms with E-state index in [1.165, 1.54) is 0 Å². The molecule has 0 spiro atoms. The predicted octanol–water partition coefficient (Wildman–Crippen LogP) is 0.933. The topological polar surface area (TPSA) is 116 Å². The van der Waals surface area contributed by atoms with Crippen molar-refractivity contribution in [3.8, 4) is 0 Å². The number of esters is 1. The van der Waals surface area contributed by atoms with E-state index in [1.807, 2.05) is 0 Å². The van der Waals surface area contributed by atoms with Gasteiger partial charge in [-0.05, 0) is 11.1 Å². The van der Waals surface area contributed by atoms with Gasteiger partial charge in [-0.2, -0.15) is 0 Å². The fourth-order valence-electron chi connectivity index (χ4n) is 1.47. The molecule has 0 bridgehead atoms.